The van der Waals surface area contributed by atoms with E-state index in [2.05, 4.69) is 19.9 Å². The summed E-state index contributed by atoms with van der Waals surface area (Å²) in [6, 6.07) is 0. The lowest BCUT2D eigenvalue weighted by Crippen LogP contribution is -2.51. The fourth-order valence-corrected chi connectivity index (χ4v) is 7.95. The van der Waals surface area contributed by atoms with Crippen LogP contribution in [0.1, 0.15) is 72.1 Å². The van der Waals surface area contributed by atoms with Gasteiger partial charge in [-0.1, -0.05) is 25.5 Å². The smallest absolute Gasteiger partial charge is 0.300 e. The van der Waals surface area contributed by atoms with Crippen LogP contribution in [0.25, 0.3) is 0 Å². The van der Waals surface area contributed by atoms with Gasteiger partial charge in [-0.2, -0.15) is 0 Å². The van der Waals surface area contributed by atoms with Crippen molar-refractivity contribution >= 4 is 14.0 Å². The van der Waals surface area contributed by atoms with Crippen LogP contribution in [0.4, 0.5) is 0 Å². The maximum absolute atomic E-state index is 12.2. The van der Waals surface area contributed by atoms with E-state index < -0.39 is 8.25 Å². The molecule has 4 aliphatic carbocycles. The summed E-state index contributed by atoms with van der Waals surface area (Å²) in [5, 5.41) is 0. The molecule has 144 valence electrons. The van der Waals surface area contributed by atoms with Crippen molar-refractivity contribution in [3.05, 3.63) is 11.6 Å². The first-order valence-corrected chi connectivity index (χ1v) is 11.4. The van der Waals surface area contributed by atoms with Crippen LogP contribution >= 0.6 is 8.25 Å². The van der Waals surface area contributed by atoms with Gasteiger partial charge in [0.2, 0.25) is 0 Å². The third-order valence-corrected chi connectivity index (χ3v) is 9.27. The minimum atomic E-state index is -2.51. The summed E-state index contributed by atoms with van der Waals surface area (Å²) in [5.41, 5.74) is 1.86. The highest BCUT2D eigenvalue weighted by atomic mass is 31.1. The number of hydrogen-bond acceptors (Lipinski definition) is 3. The van der Waals surface area contributed by atoms with Crippen LogP contribution in [0, 0.1) is 34.5 Å². The van der Waals surface area contributed by atoms with Gasteiger partial charge in [0.15, 0.2) is 0 Å². The van der Waals surface area contributed by atoms with Crippen molar-refractivity contribution in [1.29, 1.82) is 0 Å². The van der Waals surface area contributed by atoms with Crippen LogP contribution in [0.5, 0.6) is 0 Å². The van der Waals surface area contributed by atoms with E-state index in [0.29, 0.717) is 23.5 Å². The summed E-state index contributed by atoms with van der Waals surface area (Å²) >= 11 is 0. The Morgan fingerprint density at radius 3 is 2.65 bits per heavy atom. The van der Waals surface area contributed by atoms with Gasteiger partial charge in [0.05, 0.1) is 0 Å². The van der Waals surface area contributed by atoms with Crippen molar-refractivity contribution in [1.82, 2.24) is 0 Å². The third-order valence-electron chi connectivity index (χ3n) is 8.79. The largest absolute Gasteiger partial charge is 0.695 e. The van der Waals surface area contributed by atoms with Gasteiger partial charge in [-0.05, 0) is 80.5 Å². The first-order valence-electron chi connectivity index (χ1n) is 10.3. The van der Waals surface area contributed by atoms with Gasteiger partial charge in [0, 0.05) is 16.9 Å². The quantitative estimate of drug-likeness (QED) is 0.541. The van der Waals surface area contributed by atoms with Gasteiger partial charge in [-0.15, -0.1) is 9.42 Å². The van der Waals surface area contributed by atoms with E-state index in [0.717, 1.165) is 32.1 Å². The van der Waals surface area contributed by atoms with Gasteiger partial charge in [-0.25, -0.2) is 0 Å². The van der Waals surface area contributed by atoms with Crippen molar-refractivity contribution in [3.63, 3.8) is 0 Å². The molecule has 4 rings (SSSR count). The van der Waals surface area contributed by atoms with Gasteiger partial charge in [0.1, 0.15) is 11.9 Å². The summed E-state index contributed by atoms with van der Waals surface area (Å²) in [6.07, 6.45) is 10.8. The first-order chi connectivity index (χ1) is 12.3. The summed E-state index contributed by atoms with van der Waals surface area (Å²) in [5.74, 6) is 2.71. The number of ketones is 1. The first kappa shape index (κ1) is 18.8. The van der Waals surface area contributed by atoms with Crippen LogP contribution in [0.3, 0.4) is 0 Å². The SMILES string of the molecule is CC(=O)[C@H]1CC[C@H]2[C@@H]3CC=C4C[C@@H](O[P+](=O)O)CC[C@]4(C)[C@H]3CC[C@]12C. The van der Waals surface area contributed by atoms with Crippen LogP contribution < -0.4 is 0 Å². The zero-order valence-electron chi connectivity index (χ0n) is 16.2. The lowest BCUT2D eigenvalue weighted by Gasteiger charge is -2.57. The Morgan fingerprint density at radius 2 is 1.96 bits per heavy atom. The molecular weight excluding hydrogens is 347 g/mol. The molecule has 0 aromatic carbocycles. The molecule has 1 unspecified atom stereocenters. The van der Waals surface area contributed by atoms with Gasteiger partial charge in [-0.3, -0.25) is 4.79 Å². The summed E-state index contributed by atoms with van der Waals surface area (Å²) in [4.78, 5) is 21.3. The molecule has 3 saturated carbocycles. The van der Waals surface area contributed by atoms with E-state index in [1.54, 1.807) is 6.92 Å². The van der Waals surface area contributed by atoms with E-state index >= 15 is 0 Å². The number of fused-ring (bicyclic) bond motifs is 5. The standard InChI is InChI=1S/C21H31O4P/c1-13(22)17-6-7-18-16-5-4-14-12-15(25-26(23)24)8-10-20(14,2)19(16)9-11-21(17,18)3/h4,15-19H,5-12H2,1-3H3/p+1/t15-,16-,17+,18-,19-,20-,21+/m0/s1. The molecule has 0 amide bonds. The molecule has 26 heavy (non-hydrogen) atoms. The second-order valence-corrected chi connectivity index (χ2v) is 10.4. The van der Waals surface area contributed by atoms with Crippen LogP contribution in [0.2, 0.25) is 0 Å². The zero-order valence-corrected chi connectivity index (χ0v) is 17.1. The maximum atomic E-state index is 12.2. The van der Waals surface area contributed by atoms with Gasteiger partial charge < -0.3 is 0 Å². The van der Waals surface area contributed by atoms with E-state index in [1.165, 1.54) is 24.8 Å². The third kappa shape index (κ3) is 2.75. The average Bonchev–Trinajstić information content (AvgIpc) is 2.92. The number of Topliss-reactive ketones (excluding diaryl/α,β-unsaturated/α-hetero) is 1. The molecule has 1 N–H and O–H groups in total. The molecular formula is C21H32O4P+. The molecule has 0 aliphatic heterocycles. The number of carbonyl (C=O) groups excluding carboxylic acids is 1. The van der Waals surface area contributed by atoms with Crippen LogP contribution in [-0.2, 0) is 13.9 Å². The van der Waals surface area contributed by atoms with Crippen molar-refractivity contribution < 1.29 is 18.8 Å². The highest BCUT2D eigenvalue weighted by Gasteiger charge is 2.59. The normalized spacial score (nSPS) is 48.1. The topological polar surface area (TPSA) is 63.6 Å². The Labute approximate surface area is 157 Å². The Balaban J connectivity index is 1.59. The predicted molar refractivity (Wildman–Crippen MR) is 101 cm³/mol. The Morgan fingerprint density at radius 1 is 1.19 bits per heavy atom. The second-order valence-electron chi connectivity index (χ2n) is 9.75. The number of carbonyl (C=O) groups is 1. The molecule has 0 aromatic rings. The molecule has 3 fully saturated rings. The molecule has 0 heterocycles. The Bertz CT molecular complexity index is 658. The summed E-state index contributed by atoms with van der Waals surface area (Å²) in [7, 11) is -2.51. The Kier molecular flexibility index (Phi) is 4.69. The van der Waals surface area contributed by atoms with E-state index in [9.17, 15) is 9.36 Å². The van der Waals surface area contributed by atoms with E-state index in [4.69, 9.17) is 9.42 Å². The van der Waals surface area contributed by atoms with E-state index in [-0.39, 0.29) is 22.9 Å². The fourth-order valence-electron chi connectivity index (χ4n) is 7.51. The summed E-state index contributed by atoms with van der Waals surface area (Å²) in [6.45, 7) is 6.60. The van der Waals surface area contributed by atoms with Crippen molar-refractivity contribution in [2.24, 2.45) is 34.5 Å². The molecule has 0 saturated heterocycles. The summed E-state index contributed by atoms with van der Waals surface area (Å²) < 4.78 is 16.3. The molecule has 8 atom stereocenters. The molecule has 0 radical (unpaired) electrons. The van der Waals surface area contributed by atoms with Crippen molar-refractivity contribution in [2.75, 3.05) is 0 Å². The second kappa shape index (κ2) is 6.50. The number of rotatable bonds is 3. The molecule has 0 bridgehead atoms. The molecule has 0 aromatic heterocycles. The Hall–Kier alpha value is -0.570. The number of allylic oxidation sites excluding steroid dienone is 1. The van der Waals surface area contributed by atoms with Gasteiger partial charge >= 0.3 is 8.25 Å². The predicted octanol–water partition coefficient (Wildman–Crippen LogP) is 5.19. The fraction of sp³-hybridized carbons (Fsp3) is 0.857. The lowest BCUT2D eigenvalue weighted by molar-refractivity contribution is -0.127. The molecule has 4 aliphatic rings. The number of hydrogen-bond donors (Lipinski definition) is 1. The van der Waals surface area contributed by atoms with Crippen LogP contribution in [0.15, 0.2) is 11.6 Å². The zero-order chi connectivity index (χ0) is 18.7. The van der Waals surface area contributed by atoms with Crippen molar-refractivity contribution in [3.8, 4) is 0 Å². The molecule has 5 heteroatoms. The van der Waals surface area contributed by atoms with E-state index in [1.807, 2.05) is 0 Å². The monoisotopic (exact) mass is 379 g/mol. The molecule has 0 spiro atoms. The van der Waals surface area contributed by atoms with Crippen molar-refractivity contribution in [2.45, 2.75) is 78.2 Å². The maximum Gasteiger partial charge on any atom is 0.695 e. The molecule has 4 nitrogen and oxygen atoms in total. The highest BCUT2D eigenvalue weighted by Crippen LogP contribution is 2.66. The minimum absolute atomic E-state index is 0.109. The van der Waals surface area contributed by atoms with Crippen LogP contribution in [-0.4, -0.2) is 16.8 Å². The van der Waals surface area contributed by atoms with Gasteiger partial charge in [0.25, 0.3) is 0 Å². The highest BCUT2D eigenvalue weighted by molar-refractivity contribution is 7.32. The average molecular weight is 379 g/mol. The minimum Gasteiger partial charge on any atom is -0.300 e. The lowest BCUT2D eigenvalue weighted by atomic mass is 9.47.